The quantitative estimate of drug-likeness (QED) is 0.474. The topological polar surface area (TPSA) is 59.9 Å². The number of benzene rings is 2. The first-order chi connectivity index (χ1) is 13.2. The van der Waals surface area contributed by atoms with Crippen molar-refractivity contribution < 1.29 is 9.13 Å². The standard InChI is InChI=1S/C20H14BrFN4O/c21-17-8-13-11-24-20(25-15-6-3-4-14(22)9-15)26-18(13)10-19(17)27-12-16-5-1-2-7-23-16/h1-11H,12H2,(H,24,25,26). The maximum atomic E-state index is 13.3. The van der Waals surface area contributed by atoms with Crippen molar-refractivity contribution in [3.63, 3.8) is 0 Å². The minimum Gasteiger partial charge on any atom is -0.486 e. The van der Waals surface area contributed by atoms with Crippen LogP contribution < -0.4 is 10.1 Å². The summed E-state index contributed by atoms with van der Waals surface area (Å²) in [6, 6.07) is 15.6. The number of nitrogens with one attached hydrogen (secondary N) is 1. The smallest absolute Gasteiger partial charge is 0.227 e. The molecule has 0 atom stereocenters. The molecule has 0 radical (unpaired) electrons. The number of rotatable bonds is 5. The molecule has 2 aromatic carbocycles. The summed E-state index contributed by atoms with van der Waals surface area (Å²) in [6.07, 6.45) is 3.43. The Hall–Kier alpha value is -3.06. The predicted molar refractivity (Wildman–Crippen MR) is 105 cm³/mol. The number of aromatic nitrogens is 3. The predicted octanol–water partition coefficient (Wildman–Crippen LogP) is 5.25. The Balaban J connectivity index is 1.59. The van der Waals surface area contributed by atoms with Gasteiger partial charge in [0.1, 0.15) is 18.2 Å². The van der Waals surface area contributed by atoms with Crippen molar-refractivity contribution in [3.8, 4) is 5.75 Å². The van der Waals surface area contributed by atoms with Gasteiger partial charge in [-0.3, -0.25) is 4.98 Å². The maximum absolute atomic E-state index is 13.3. The molecule has 0 aliphatic heterocycles. The zero-order valence-electron chi connectivity index (χ0n) is 14.1. The summed E-state index contributed by atoms with van der Waals surface area (Å²) in [6.45, 7) is 0.352. The molecule has 2 aromatic heterocycles. The molecule has 134 valence electrons. The SMILES string of the molecule is Fc1cccc(Nc2ncc3cc(Br)c(OCc4ccccn4)cc3n2)c1. The monoisotopic (exact) mass is 424 g/mol. The highest BCUT2D eigenvalue weighted by Gasteiger charge is 2.08. The van der Waals surface area contributed by atoms with Gasteiger partial charge in [0.25, 0.3) is 0 Å². The largest absolute Gasteiger partial charge is 0.486 e. The van der Waals surface area contributed by atoms with E-state index in [0.717, 1.165) is 15.6 Å². The highest BCUT2D eigenvalue weighted by Crippen LogP contribution is 2.30. The summed E-state index contributed by atoms with van der Waals surface area (Å²) in [5.41, 5.74) is 2.13. The zero-order chi connectivity index (χ0) is 18.6. The van der Waals surface area contributed by atoms with Crippen LogP contribution in [0.25, 0.3) is 10.9 Å². The van der Waals surface area contributed by atoms with Gasteiger partial charge in [-0.2, -0.15) is 0 Å². The van der Waals surface area contributed by atoms with Crippen LogP contribution in [0.4, 0.5) is 16.0 Å². The summed E-state index contributed by atoms with van der Waals surface area (Å²) in [7, 11) is 0. The highest BCUT2D eigenvalue weighted by molar-refractivity contribution is 9.10. The molecule has 0 aliphatic carbocycles. The molecule has 5 nitrogen and oxygen atoms in total. The molecule has 0 spiro atoms. The molecule has 0 bridgehead atoms. The van der Waals surface area contributed by atoms with Crippen LogP contribution in [0.5, 0.6) is 5.75 Å². The number of halogens is 2. The Morgan fingerprint density at radius 3 is 2.78 bits per heavy atom. The van der Waals surface area contributed by atoms with E-state index in [4.69, 9.17) is 4.74 Å². The summed E-state index contributed by atoms with van der Waals surface area (Å²) in [5.74, 6) is 0.713. The molecule has 4 aromatic rings. The average Bonchev–Trinajstić information content (AvgIpc) is 2.67. The van der Waals surface area contributed by atoms with Crippen LogP contribution in [0.1, 0.15) is 5.69 Å². The van der Waals surface area contributed by atoms with Crippen LogP contribution in [-0.2, 0) is 6.61 Å². The second-order valence-corrected chi connectivity index (χ2v) is 6.63. The lowest BCUT2D eigenvalue weighted by atomic mass is 10.2. The minimum absolute atomic E-state index is 0.324. The van der Waals surface area contributed by atoms with Crippen LogP contribution >= 0.6 is 15.9 Å². The molecular formula is C20H14BrFN4O. The van der Waals surface area contributed by atoms with Crippen LogP contribution in [0.2, 0.25) is 0 Å². The second-order valence-electron chi connectivity index (χ2n) is 5.78. The van der Waals surface area contributed by atoms with E-state index in [0.29, 0.717) is 29.5 Å². The van der Waals surface area contributed by atoms with E-state index in [1.165, 1.54) is 12.1 Å². The van der Waals surface area contributed by atoms with E-state index >= 15 is 0 Å². The number of nitrogens with zero attached hydrogens (tertiary/aromatic N) is 3. The molecule has 0 fully saturated rings. The molecule has 1 N–H and O–H groups in total. The van der Waals surface area contributed by atoms with Crippen molar-refractivity contribution in [3.05, 3.63) is 83.0 Å². The molecule has 7 heteroatoms. The normalized spacial score (nSPS) is 10.7. The molecule has 0 saturated carbocycles. The Labute approximate surface area is 163 Å². The van der Waals surface area contributed by atoms with Gasteiger partial charge in [0, 0.05) is 29.5 Å². The van der Waals surface area contributed by atoms with Gasteiger partial charge < -0.3 is 10.1 Å². The van der Waals surface area contributed by atoms with Gasteiger partial charge in [0.05, 0.1) is 15.7 Å². The van der Waals surface area contributed by atoms with Gasteiger partial charge >= 0.3 is 0 Å². The van der Waals surface area contributed by atoms with Crippen molar-refractivity contribution in [2.45, 2.75) is 6.61 Å². The molecule has 0 amide bonds. The van der Waals surface area contributed by atoms with E-state index in [1.54, 1.807) is 24.5 Å². The van der Waals surface area contributed by atoms with E-state index in [2.05, 4.69) is 36.2 Å². The first kappa shape index (κ1) is 17.4. The first-order valence-corrected chi connectivity index (χ1v) is 8.98. The van der Waals surface area contributed by atoms with Crippen molar-refractivity contribution in [2.24, 2.45) is 0 Å². The fourth-order valence-electron chi connectivity index (χ4n) is 2.53. The van der Waals surface area contributed by atoms with E-state index in [9.17, 15) is 4.39 Å². The van der Waals surface area contributed by atoms with E-state index in [1.807, 2.05) is 30.3 Å². The third-order valence-corrected chi connectivity index (χ3v) is 4.44. The van der Waals surface area contributed by atoms with Gasteiger partial charge in [-0.1, -0.05) is 12.1 Å². The van der Waals surface area contributed by atoms with E-state index in [-0.39, 0.29) is 5.82 Å². The van der Waals surface area contributed by atoms with Crippen molar-refractivity contribution >= 4 is 38.5 Å². The second kappa shape index (κ2) is 7.67. The van der Waals surface area contributed by atoms with Crippen molar-refractivity contribution in [1.82, 2.24) is 15.0 Å². The third-order valence-electron chi connectivity index (χ3n) is 3.82. The van der Waals surface area contributed by atoms with Gasteiger partial charge in [-0.05, 0) is 52.3 Å². The lowest BCUT2D eigenvalue weighted by Gasteiger charge is -2.10. The van der Waals surface area contributed by atoms with Crippen molar-refractivity contribution in [2.75, 3.05) is 5.32 Å². The molecule has 0 unspecified atom stereocenters. The molecule has 0 saturated heterocycles. The highest BCUT2D eigenvalue weighted by atomic mass is 79.9. The molecule has 0 aliphatic rings. The number of hydrogen-bond donors (Lipinski definition) is 1. The number of pyridine rings is 1. The van der Waals surface area contributed by atoms with Crippen LogP contribution in [-0.4, -0.2) is 15.0 Å². The minimum atomic E-state index is -0.324. The Morgan fingerprint density at radius 2 is 1.96 bits per heavy atom. The number of anilines is 2. The zero-order valence-corrected chi connectivity index (χ0v) is 15.6. The Kier molecular flexibility index (Phi) is 4.93. The van der Waals surface area contributed by atoms with Gasteiger partial charge in [-0.15, -0.1) is 0 Å². The number of fused-ring (bicyclic) bond motifs is 1. The Morgan fingerprint density at radius 1 is 1.04 bits per heavy atom. The maximum Gasteiger partial charge on any atom is 0.227 e. The molecule has 27 heavy (non-hydrogen) atoms. The van der Waals surface area contributed by atoms with Crippen LogP contribution in [0, 0.1) is 5.82 Å². The third kappa shape index (κ3) is 4.20. The summed E-state index contributed by atoms with van der Waals surface area (Å²) in [4.78, 5) is 13.0. The molecule has 4 rings (SSSR count). The Bertz CT molecular complexity index is 1090. The fraction of sp³-hybridized carbons (Fsp3) is 0.0500. The lowest BCUT2D eigenvalue weighted by Crippen LogP contribution is -2.00. The fourth-order valence-corrected chi connectivity index (χ4v) is 3.01. The average molecular weight is 425 g/mol. The van der Waals surface area contributed by atoms with E-state index < -0.39 is 0 Å². The summed E-state index contributed by atoms with van der Waals surface area (Å²) >= 11 is 3.51. The van der Waals surface area contributed by atoms with Crippen LogP contribution in [0.3, 0.4) is 0 Å². The van der Waals surface area contributed by atoms with Crippen molar-refractivity contribution in [1.29, 1.82) is 0 Å². The van der Waals surface area contributed by atoms with Crippen LogP contribution in [0.15, 0.2) is 71.5 Å². The summed E-state index contributed by atoms with van der Waals surface area (Å²) in [5, 5.41) is 3.86. The van der Waals surface area contributed by atoms with Gasteiger partial charge in [0.15, 0.2) is 0 Å². The van der Waals surface area contributed by atoms with Gasteiger partial charge in [0.2, 0.25) is 5.95 Å². The number of hydrogen-bond acceptors (Lipinski definition) is 5. The first-order valence-electron chi connectivity index (χ1n) is 8.19. The lowest BCUT2D eigenvalue weighted by molar-refractivity contribution is 0.300. The summed E-state index contributed by atoms with van der Waals surface area (Å²) < 4.78 is 20.0. The van der Waals surface area contributed by atoms with Gasteiger partial charge in [-0.25, -0.2) is 14.4 Å². The number of ether oxygens (including phenoxy) is 1. The molecular weight excluding hydrogens is 411 g/mol. The molecule has 2 heterocycles.